The molecule has 1 saturated heterocycles. The molecular weight excluding hydrogens is 404 g/mol. The number of anilines is 1. The third-order valence-corrected chi connectivity index (χ3v) is 5.88. The molecule has 1 aromatic heterocycles. The lowest BCUT2D eigenvalue weighted by Crippen LogP contribution is -2.27. The Labute approximate surface area is 174 Å². The number of benzene rings is 2. The summed E-state index contributed by atoms with van der Waals surface area (Å²) in [5, 5.41) is 3.32. The second-order valence-corrected chi connectivity index (χ2v) is 9.65. The van der Waals surface area contributed by atoms with E-state index in [0.29, 0.717) is 27.8 Å². The van der Waals surface area contributed by atoms with Crippen molar-refractivity contribution in [1.82, 2.24) is 4.90 Å². The molecule has 0 spiro atoms. The first kappa shape index (κ1) is 20.2. The maximum atomic E-state index is 12.9. The number of sulfone groups is 1. The Kier molecular flexibility index (Phi) is 5.34. The summed E-state index contributed by atoms with van der Waals surface area (Å²) in [6, 6.07) is 13.7. The van der Waals surface area contributed by atoms with Gasteiger partial charge < -0.3 is 14.6 Å². The van der Waals surface area contributed by atoms with E-state index in [0.717, 1.165) is 32.2 Å². The number of carbonyl (C=O) groups is 2. The van der Waals surface area contributed by atoms with Crippen molar-refractivity contribution in [1.29, 1.82) is 0 Å². The lowest BCUT2D eigenvalue weighted by molar-refractivity contribution is 0.0792. The van der Waals surface area contributed by atoms with Crippen LogP contribution in [0.1, 0.15) is 39.3 Å². The molecule has 1 aliphatic rings. The maximum absolute atomic E-state index is 12.9. The van der Waals surface area contributed by atoms with E-state index in [-0.39, 0.29) is 17.4 Å². The van der Waals surface area contributed by atoms with Crippen LogP contribution in [0.4, 0.5) is 5.69 Å². The molecule has 0 radical (unpaired) electrons. The molecule has 0 unspecified atom stereocenters. The summed E-state index contributed by atoms with van der Waals surface area (Å²) in [7, 11) is -3.39. The lowest BCUT2D eigenvalue weighted by atomic mass is 10.1. The van der Waals surface area contributed by atoms with Crippen LogP contribution in [0.3, 0.4) is 0 Å². The molecule has 0 atom stereocenters. The number of hydrogen-bond acceptors (Lipinski definition) is 5. The van der Waals surface area contributed by atoms with E-state index in [9.17, 15) is 18.0 Å². The predicted molar refractivity (Wildman–Crippen MR) is 114 cm³/mol. The molecule has 4 rings (SSSR count). The number of fused-ring (bicyclic) bond motifs is 1. The summed E-state index contributed by atoms with van der Waals surface area (Å²) >= 11 is 0. The van der Waals surface area contributed by atoms with Gasteiger partial charge in [-0.15, -0.1) is 0 Å². The average Bonchev–Trinajstić information content (AvgIpc) is 3.35. The van der Waals surface area contributed by atoms with Gasteiger partial charge >= 0.3 is 0 Å². The van der Waals surface area contributed by atoms with Gasteiger partial charge in [0.2, 0.25) is 0 Å². The molecule has 7 nitrogen and oxygen atoms in total. The van der Waals surface area contributed by atoms with Gasteiger partial charge in [-0.2, -0.15) is 0 Å². The van der Waals surface area contributed by atoms with Crippen LogP contribution in [0.5, 0.6) is 0 Å². The zero-order chi connectivity index (χ0) is 21.3. The minimum Gasteiger partial charge on any atom is -0.451 e. The zero-order valence-corrected chi connectivity index (χ0v) is 17.4. The molecule has 30 heavy (non-hydrogen) atoms. The Bertz CT molecular complexity index is 1220. The van der Waals surface area contributed by atoms with Crippen molar-refractivity contribution in [3.63, 3.8) is 0 Å². The first-order valence-electron chi connectivity index (χ1n) is 9.71. The van der Waals surface area contributed by atoms with E-state index in [1.54, 1.807) is 53.4 Å². The Morgan fingerprint density at radius 2 is 1.80 bits per heavy atom. The number of furan rings is 1. The number of nitrogens with one attached hydrogen (secondary N) is 1. The molecular formula is C22H22N2O5S. The van der Waals surface area contributed by atoms with Crippen LogP contribution in [0.25, 0.3) is 11.0 Å². The topological polar surface area (TPSA) is 96.7 Å². The smallest absolute Gasteiger partial charge is 0.291 e. The van der Waals surface area contributed by atoms with Crippen LogP contribution < -0.4 is 5.32 Å². The van der Waals surface area contributed by atoms with Gasteiger partial charge in [0.15, 0.2) is 15.6 Å². The Morgan fingerprint density at radius 3 is 2.53 bits per heavy atom. The molecule has 3 aromatic rings. The largest absolute Gasteiger partial charge is 0.451 e. The van der Waals surface area contributed by atoms with Crippen molar-refractivity contribution in [2.45, 2.75) is 18.6 Å². The highest BCUT2D eigenvalue weighted by Gasteiger charge is 2.24. The van der Waals surface area contributed by atoms with Gasteiger partial charge in [-0.05, 0) is 37.1 Å². The van der Waals surface area contributed by atoms with Crippen LogP contribution in [-0.2, 0) is 15.6 Å². The molecule has 0 bridgehead atoms. The summed E-state index contributed by atoms with van der Waals surface area (Å²) in [4.78, 5) is 27.3. The summed E-state index contributed by atoms with van der Waals surface area (Å²) in [6.45, 7) is 1.48. The second kappa shape index (κ2) is 7.95. The number of hydrogen-bond donors (Lipinski definition) is 1. The quantitative estimate of drug-likeness (QED) is 0.674. The highest BCUT2D eigenvalue weighted by Crippen LogP contribution is 2.28. The van der Waals surface area contributed by atoms with Gasteiger partial charge in [0.25, 0.3) is 11.8 Å². The molecule has 1 N–H and O–H groups in total. The summed E-state index contributed by atoms with van der Waals surface area (Å²) in [5.41, 5.74) is 1.71. The monoisotopic (exact) mass is 426 g/mol. The molecule has 2 aromatic carbocycles. The average molecular weight is 426 g/mol. The zero-order valence-electron chi connectivity index (χ0n) is 16.6. The van der Waals surface area contributed by atoms with E-state index in [1.807, 2.05) is 0 Å². The molecule has 8 heteroatoms. The third kappa shape index (κ3) is 4.23. The van der Waals surface area contributed by atoms with Gasteiger partial charge in [-0.25, -0.2) is 8.42 Å². The SMILES string of the molecule is CS(=O)(=O)Cc1c(C(=O)Nc2cccc(C(=O)N3CCCC3)c2)oc2ccccc12. The Hall–Kier alpha value is -3.13. The number of likely N-dealkylation sites (tertiary alicyclic amines) is 1. The molecule has 156 valence electrons. The van der Waals surface area contributed by atoms with Crippen LogP contribution in [0.15, 0.2) is 52.9 Å². The van der Waals surface area contributed by atoms with Gasteiger partial charge in [0, 0.05) is 41.5 Å². The molecule has 1 fully saturated rings. The number of nitrogens with zero attached hydrogens (tertiary/aromatic N) is 1. The molecule has 2 heterocycles. The van der Waals surface area contributed by atoms with Crippen LogP contribution >= 0.6 is 0 Å². The minimum absolute atomic E-state index is 0.0436. The number of rotatable bonds is 5. The third-order valence-electron chi connectivity index (χ3n) is 5.07. The van der Waals surface area contributed by atoms with Crippen molar-refractivity contribution >= 4 is 38.3 Å². The highest BCUT2D eigenvalue weighted by atomic mass is 32.2. The molecule has 2 amide bonds. The van der Waals surface area contributed by atoms with E-state index >= 15 is 0 Å². The number of para-hydroxylation sites is 1. The van der Waals surface area contributed by atoms with Crippen molar-refractivity contribution in [3.8, 4) is 0 Å². The fourth-order valence-electron chi connectivity index (χ4n) is 3.71. The van der Waals surface area contributed by atoms with Gasteiger partial charge in [0.05, 0.1) is 5.75 Å². The van der Waals surface area contributed by atoms with Crippen molar-refractivity contribution in [2.24, 2.45) is 0 Å². The maximum Gasteiger partial charge on any atom is 0.291 e. The number of amides is 2. The van der Waals surface area contributed by atoms with E-state index in [1.165, 1.54) is 0 Å². The fraction of sp³-hybridized carbons (Fsp3) is 0.273. The first-order valence-corrected chi connectivity index (χ1v) is 11.8. The van der Waals surface area contributed by atoms with Crippen molar-refractivity contribution in [3.05, 3.63) is 65.4 Å². The predicted octanol–water partition coefficient (Wildman–Crippen LogP) is 3.47. The first-order chi connectivity index (χ1) is 14.3. The summed E-state index contributed by atoms with van der Waals surface area (Å²) in [5.74, 6) is -0.973. The Morgan fingerprint density at radius 1 is 1.07 bits per heavy atom. The van der Waals surface area contributed by atoms with E-state index < -0.39 is 15.7 Å². The van der Waals surface area contributed by atoms with Crippen LogP contribution in [0, 0.1) is 0 Å². The molecule has 0 saturated carbocycles. The fourth-order valence-corrected chi connectivity index (χ4v) is 4.52. The van der Waals surface area contributed by atoms with E-state index in [4.69, 9.17) is 4.42 Å². The van der Waals surface area contributed by atoms with Gasteiger partial charge in [0.1, 0.15) is 5.58 Å². The molecule has 1 aliphatic heterocycles. The van der Waals surface area contributed by atoms with E-state index in [2.05, 4.69) is 5.32 Å². The lowest BCUT2D eigenvalue weighted by Gasteiger charge is -2.15. The molecule has 0 aliphatic carbocycles. The second-order valence-electron chi connectivity index (χ2n) is 7.51. The van der Waals surface area contributed by atoms with Crippen molar-refractivity contribution < 1.29 is 22.4 Å². The van der Waals surface area contributed by atoms with Crippen LogP contribution in [-0.4, -0.2) is 44.5 Å². The van der Waals surface area contributed by atoms with Gasteiger partial charge in [-0.3, -0.25) is 9.59 Å². The van der Waals surface area contributed by atoms with Gasteiger partial charge in [-0.1, -0.05) is 24.3 Å². The minimum atomic E-state index is -3.39. The highest BCUT2D eigenvalue weighted by molar-refractivity contribution is 7.89. The summed E-state index contributed by atoms with van der Waals surface area (Å²) < 4.78 is 29.5. The van der Waals surface area contributed by atoms with Crippen molar-refractivity contribution in [2.75, 3.05) is 24.7 Å². The summed E-state index contributed by atoms with van der Waals surface area (Å²) in [6.07, 6.45) is 3.11. The normalized spacial score (nSPS) is 14.2. The number of carbonyl (C=O) groups excluding carboxylic acids is 2. The Balaban J connectivity index is 1.63. The van der Waals surface area contributed by atoms with Crippen LogP contribution in [0.2, 0.25) is 0 Å². The standard InChI is InChI=1S/C22H22N2O5S/c1-30(27,28)14-18-17-9-2-3-10-19(17)29-20(18)21(25)23-16-8-6-7-15(13-16)22(26)24-11-4-5-12-24/h2-3,6-10,13H,4-5,11-12,14H2,1H3,(H,23,25).